The molecule has 32 heavy (non-hydrogen) atoms. The molecule has 9 heteroatoms. The quantitative estimate of drug-likeness (QED) is 0.485. The molecule has 0 saturated carbocycles. The molecule has 1 N–H and O–H groups in total. The average Bonchev–Trinajstić information content (AvgIpc) is 3.40. The van der Waals surface area contributed by atoms with E-state index < -0.39 is 0 Å². The summed E-state index contributed by atoms with van der Waals surface area (Å²) in [4.78, 5) is 25.3. The molecule has 0 bridgehead atoms. The van der Waals surface area contributed by atoms with Crippen LogP contribution in [0.2, 0.25) is 0 Å². The Kier molecular flexibility index (Phi) is 5.81. The van der Waals surface area contributed by atoms with Gasteiger partial charge in [-0.05, 0) is 18.2 Å². The van der Waals surface area contributed by atoms with Crippen LogP contribution in [-0.2, 0) is 16.6 Å². The minimum Gasteiger partial charge on any atom is -0.441 e. The van der Waals surface area contributed by atoms with Crippen LogP contribution in [0.15, 0.2) is 59.4 Å². The molecule has 1 aromatic carbocycles. The van der Waals surface area contributed by atoms with E-state index in [0.717, 1.165) is 5.69 Å². The lowest BCUT2D eigenvalue weighted by molar-refractivity contribution is -0.116. The van der Waals surface area contributed by atoms with E-state index in [1.165, 1.54) is 16.9 Å². The third-order valence-electron chi connectivity index (χ3n) is 4.75. The van der Waals surface area contributed by atoms with Gasteiger partial charge in [0.1, 0.15) is 11.6 Å². The van der Waals surface area contributed by atoms with Crippen molar-refractivity contribution in [2.45, 2.75) is 39.0 Å². The number of benzene rings is 1. The van der Waals surface area contributed by atoms with Gasteiger partial charge in [-0.3, -0.25) is 4.79 Å². The molecule has 164 valence electrons. The second-order valence-electron chi connectivity index (χ2n) is 8.27. The molecule has 0 spiro atoms. The maximum Gasteiger partial charge on any atom is 0.252 e. The summed E-state index contributed by atoms with van der Waals surface area (Å²) in [5.74, 6) is 0.889. The summed E-state index contributed by atoms with van der Waals surface area (Å²) >= 11 is 0. The zero-order chi connectivity index (χ0) is 22.7. The molecule has 1 amide bonds. The van der Waals surface area contributed by atoms with Crippen LogP contribution >= 0.6 is 0 Å². The number of halogens is 1. The number of aryl methyl sites for hydroxylation is 1. The molecule has 8 nitrogen and oxygen atoms in total. The Morgan fingerprint density at radius 3 is 2.59 bits per heavy atom. The van der Waals surface area contributed by atoms with E-state index in [-0.39, 0.29) is 30.0 Å². The number of hydrogen-bond donors (Lipinski definition) is 1. The first-order chi connectivity index (χ1) is 15.3. The lowest BCUT2D eigenvalue weighted by Crippen LogP contribution is -2.16. The normalized spacial score (nSPS) is 11.5. The van der Waals surface area contributed by atoms with Gasteiger partial charge in [-0.1, -0.05) is 32.9 Å². The first-order valence-electron chi connectivity index (χ1n) is 10.2. The second kappa shape index (κ2) is 8.70. The van der Waals surface area contributed by atoms with E-state index in [0.29, 0.717) is 29.0 Å². The number of aromatic nitrogens is 5. The Labute approximate surface area is 184 Å². The number of amides is 1. The Morgan fingerprint density at radius 2 is 1.88 bits per heavy atom. The van der Waals surface area contributed by atoms with E-state index in [1.54, 1.807) is 36.7 Å². The number of nitrogens with one attached hydrogen (secondary N) is 1. The maximum absolute atomic E-state index is 13.9. The fourth-order valence-electron chi connectivity index (χ4n) is 3.03. The van der Waals surface area contributed by atoms with Crippen molar-refractivity contribution in [3.8, 4) is 17.3 Å². The zero-order valence-electron chi connectivity index (χ0n) is 18.0. The van der Waals surface area contributed by atoms with Gasteiger partial charge in [-0.2, -0.15) is 9.78 Å². The Hall–Kier alpha value is -3.88. The lowest BCUT2D eigenvalue weighted by Gasteiger charge is -2.13. The van der Waals surface area contributed by atoms with Crippen molar-refractivity contribution in [2.75, 3.05) is 5.32 Å². The predicted molar refractivity (Wildman–Crippen MR) is 117 cm³/mol. The summed E-state index contributed by atoms with van der Waals surface area (Å²) in [6, 6.07) is 9.83. The maximum atomic E-state index is 13.9. The van der Waals surface area contributed by atoms with Crippen molar-refractivity contribution in [3.05, 3.63) is 72.4 Å². The predicted octanol–water partition coefficient (Wildman–Crippen LogP) is 4.33. The van der Waals surface area contributed by atoms with Gasteiger partial charge in [-0.15, -0.1) is 0 Å². The number of rotatable bonds is 6. The molecule has 3 heterocycles. The largest absolute Gasteiger partial charge is 0.441 e. The van der Waals surface area contributed by atoms with E-state index in [1.807, 2.05) is 26.8 Å². The summed E-state index contributed by atoms with van der Waals surface area (Å²) < 4.78 is 21.1. The summed E-state index contributed by atoms with van der Waals surface area (Å²) in [7, 11) is 0. The highest BCUT2D eigenvalue weighted by molar-refractivity contribution is 5.90. The van der Waals surface area contributed by atoms with Crippen LogP contribution < -0.4 is 5.32 Å². The average molecular weight is 434 g/mol. The second-order valence-corrected chi connectivity index (χ2v) is 8.27. The van der Waals surface area contributed by atoms with Crippen LogP contribution in [0.1, 0.15) is 38.8 Å². The first kappa shape index (κ1) is 21.4. The molecule has 0 radical (unpaired) electrons. The van der Waals surface area contributed by atoms with E-state index >= 15 is 0 Å². The van der Waals surface area contributed by atoms with Crippen LogP contribution in [0.4, 0.5) is 10.2 Å². The van der Waals surface area contributed by atoms with Gasteiger partial charge in [-0.25, -0.2) is 19.3 Å². The van der Waals surface area contributed by atoms with Gasteiger partial charge in [0.15, 0.2) is 11.7 Å². The molecule has 0 fully saturated rings. The third-order valence-corrected chi connectivity index (χ3v) is 4.75. The van der Waals surface area contributed by atoms with Crippen LogP contribution in [0.5, 0.6) is 0 Å². The molecule has 0 aliphatic heterocycles. The minimum atomic E-state index is -0.390. The van der Waals surface area contributed by atoms with Gasteiger partial charge in [0, 0.05) is 36.7 Å². The number of carbonyl (C=O) groups excluding carboxylic acids is 1. The number of hydrogen-bond acceptors (Lipinski definition) is 6. The molecular formula is C23H23FN6O2. The first-order valence-corrected chi connectivity index (χ1v) is 10.2. The third kappa shape index (κ3) is 4.72. The van der Waals surface area contributed by atoms with Crippen LogP contribution in [0.3, 0.4) is 0 Å². The van der Waals surface area contributed by atoms with Crippen molar-refractivity contribution < 1.29 is 13.6 Å². The SMILES string of the molecule is CC(C)(C)c1cc(NC(=O)CCc2ncc(-c3ccccc3F)o2)n(-c2ncccn2)n1. The highest BCUT2D eigenvalue weighted by atomic mass is 19.1. The smallest absolute Gasteiger partial charge is 0.252 e. The molecule has 4 aromatic rings. The van der Waals surface area contributed by atoms with Gasteiger partial charge in [0.2, 0.25) is 5.91 Å². The van der Waals surface area contributed by atoms with Gasteiger partial charge in [0.05, 0.1) is 17.5 Å². The van der Waals surface area contributed by atoms with Crippen molar-refractivity contribution in [3.63, 3.8) is 0 Å². The fourth-order valence-corrected chi connectivity index (χ4v) is 3.03. The monoisotopic (exact) mass is 434 g/mol. The Morgan fingerprint density at radius 1 is 1.12 bits per heavy atom. The Bertz CT molecular complexity index is 1230. The minimum absolute atomic E-state index is 0.128. The fraction of sp³-hybridized carbons (Fsp3) is 0.261. The van der Waals surface area contributed by atoms with Crippen molar-refractivity contribution in [2.24, 2.45) is 0 Å². The number of carbonyl (C=O) groups is 1. The zero-order valence-corrected chi connectivity index (χ0v) is 18.0. The Balaban J connectivity index is 1.47. The van der Waals surface area contributed by atoms with Crippen LogP contribution in [0, 0.1) is 5.82 Å². The number of oxazole rings is 1. The van der Waals surface area contributed by atoms with Crippen molar-refractivity contribution >= 4 is 11.7 Å². The topological polar surface area (TPSA) is 98.7 Å². The van der Waals surface area contributed by atoms with Crippen LogP contribution in [-0.4, -0.2) is 30.6 Å². The summed E-state index contributed by atoms with van der Waals surface area (Å²) in [5, 5.41) is 7.45. The van der Waals surface area contributed by atoms with E-state index in [4.69, 9.17) is 4.42 Å². The molecule has 0 atom stereocenters. The summed E-state index contributed by atoms with van der Waals surface area (Å²) in [5.41, 5.74) is 0.903. The van der Waals surface area contributed by atoms with Gasteiger partial charge in [0.25, 0.3) is 5.95 Å². The number of nitrogens with zero attached hydrogens (tertiary/aromatic N) is 5. The molecule has 0 aliphatic rings. The molecule has 0 aliphatic carbocycles. The lowest BCUT2D eigenvalue weighted by atomic mass is 9.92. The summed E-state index contributed by atoms with van der Waals surface area (Å²) in [6.45, 7) is 6.10. The van der Waals surface area contributed by atoms with E-state index in [2.05, 4.69) is 25.4 Å². The van der Waals surface area contributed by atoms with Crippen molar-refractivity contribution in [1.82, 2.24) is 24.7 Å². The molecule has 3 aromatic heterocycles. The van der Waals surface area contributed by atoms with Gasteiger partial charge >= 0.3 is 0 Å². The highest BCUT2D eigenvalue weighted by Gasteiger charge is 2.22. The molecule has 0 unspecified atom stereocenters. The van der Waals surface area contributed by atoms with Crippen molar-refractivity contribution in [1.29, 1.82) is 0 Å². The standard InChI is InChI=1S/C23H23FN6O2/c1-23(2,3)18-13-19(30(29-18)22-25-11-6-12-26-22)28-20(31)9-10-21-27-14-17(32-21)15-7-4-5-8-16(15)24/h4-8,11-14H,9-10H2,1-3H3,(H,28,31). The van der Waals surface area contributed by atoms with Crippen LogP contribution in [0.25, 0.3) is 17.3 Å². The van der Waals surface area contributed by atoms with Gasteiger partial charge < -0.3 is 9.73 Å². The highest BCUT2D eigenvalue weighted by Crippen LogP contribution is 2.26. The van der Waals surface area contributed by atoms with E-state index in [9.17, 15) is 9.18 Å². The molecular weight excluding hydrogens is 411 g/mol. The molecule has 0 saturated heterocycles. The molecule has 4 rings (SSSR count). The summed E-state index contributed by atoms with van der Waals surface area (Å²) in [6.07, 6.45) is 5.08. The number of anilines is 1.